The van der Waals surface area contributed by atoms with Gasteiger partial charge in [0, 0.05) is 25.0 Å². The molecule has 0 bridgehead atoms. The number of halogens is 1. The Balaban J connectivity index is 0.00000361. The average molecular weight is 306 g/mol. The van der Waals surface area contributed by atoms with Crippen LogP contribution in [0.25, 0.3) is 0 Å². The summed E-state index contributed by atoms with van der Waals surface area (Å²) in [4.78, 5) is 25.3. The zero-order valence-corrected chi connectivity index (χ0v) is 13.8. The standard InChI is InChI=1S/C14H27N3O2.ClH/c1-14(2,3)16-12(18)9-17(4)13(19)8-10-6-5-7-11(10)15;/h10-11H,5-9,15H2,1-4H3,(H,16,18);1H/t10-,11+;/m0./s1. The third kappa shape index (κ3) is 6.57. The van der Waals surface area contributed by atoms with Gasteiger partial charge in [-0.25, -0.2) is 0 Å². The third-order valence-electron chi connectivity index (χ3n) is 3.48. The van der Waals surface area contributed by atoms with Gasteiger partial charge in [0.2, 0.25) is 11.8 Å². The van der Waals surface area contributed by atoms with Crippen LogP contribution in [0.2, 0.25) is 0 Å². The predicted octanol–water partition coefficient (Wildman–Crippen LogP) is 1.30. The van der Waals surface area contributed by atoms with Crippen LogP contribution in [0, 0.1) is 5.92 Å². The summed E-state index contributed by atoms with van der Waals surface area (Å²) in [5.41, 5.74) is 5.69. The van der Waals surface area contributed by atoms with Gasteiger partial charge in [-0.05, 0) is 39.5 Å². The van der Waals surface area contributed by atoms with Crippen LogP contribution >= 0.6 is 12.4 Å². The molecule has 1 fully saturated rings. The molecule has 2 atom stereocenters. The highest BCUT2D eigenvalue weighted by Crippen LogP contribution is 2.27. The lowest BCUT2D eigenvalue weighted by atomic mass is 9.99. The van der Waals surface area contributed by atoms with Gasteiger partial charge in [0.05, 0.1) is 6.54 Å². The van der Waals surface area contributed by atoms with E-state index >= 15 is 0 Å². The molecule has 1 rings (SSSR count). The van der Waals surface area contributed by atoms with Gasteiger partial charge in [0.15, 0.2) is 0 Å². The maximum absolute atomic E-state index is 12.0. The number of rotatable bonds is 4. The number of nitrogens with one attached hydrogen (secondary N) is 1. The Morgan fingerprint density at radius 2 is 1.90 bits per heavy atom. The average Bonchev–Trinajstić information content (AvgIpc) is 2.61. The molecule has 3 N–H and O–H groups in total. The van der Waals surface area contributed by atoms with E-state index in [0.29, 0.717) is 6.42 Å². The summed E-state index contributed by atoms with van der Waals surface area (Å²) < 4.78 is 0. The number of hydrogen-bond acceptors (Lipinski definition) is 3. The van der Waals surface area contributed by atoms with E-state index in [0.717, 1.165) is 19.3 Å². The van der Waals surface area contributed by atoms with E-state index in [1.807, 2.05) is 20.8 Å². The first-order valence-corrected chi connectivity index (χ1v) is 6.99. The lowest BCUT2D eigenvalue weighted by Gasteiger charge is -2.24. The van der Waals surface area contributed by atoms with Crippen LogP contribution in [0.1, 0.15) is 46.5 Å². The van der Waals surface area contributed by atoms with E-state index in [2.05, 4.69) is 5.32 Å². The second-order valence-electron chi connectivity index (χ2n) is 6.61. The highest BCUT2D eigenvalue weighted by molar-refractivity contribution is 5.85. The monoisotopic (exact) mass is 305 g/mol. The smallest absolute Gasteiger partial charge is 0.240 e. The summed E-state index contributed by atoms with van der Waals surface area (Å²) in [7, 11) is 1.67. The van der Waals surface area contributed by atoms with Gasteiger partial charge in [-0.15, -0.1) is 12.4 Å². The first kappa shape index (κ1) is 19.2. The summed E-state index contributed by atoms with van der Waals surface area (Å²) in [5.74, 6) is 0.158. The zero-order valence-electron chi connectivity index (χ0n) is 12.9. The quantitative estimate of drug-likeness (QED) is 0.822. The molecule has 0 radical (unpaired) electrons. The molecule has 0 aromatic carbocycles. The van der Waals surface area contributed by atoms with Gasteiger partial charge < -0.3 is 16.0 Å². The molecule has 1 aliphatic carbocycles. The second kappa shape index (κ2) is 7.84. The summed E-state index contributed by atoms with van der Waals surface area (Å²) in [5, 5.41) is 2.85. The summed E-state index contributed by atoms with van der Waals surface area (Å²) in [6.45, 7) is 5.87. The molecule has 2 amide bonds. The molecular weight excluding hydrogens is 278 g/mol. The van der Waals surface area contributed by atoms with Crippen molar-refractivity contribution in [2.45, 2.75) is 58.0 Å². The van der Waals surface area contributed by atoms with E-state index in [1.165, 1.54) is 4.90 Å². The van der Waals surface area contributed by atoms with Gasteiger partial charge in [-0.2, -0.15) is 0 Å². The van der Waals surface area contributed by atoms with E-state index in [9.17, 15) is 9.59 Å². The minimum atomic E-state index is -0.269. The number of nitrogens with zero attached hydrogens (tertiary/aromatic N) is 1. The Morgan fingerprint density at radius 3 is 2.35 bits per heavy atom. The summed E-state index contributed by atoms with van der Waals surface area (Å²) in [6.07, 6.45) is 3.59. The molecule has 1 saturated carbocycles. The Morgan fingerprint density at radius 1 is 1.30 bits per heavy atom. The van der Waals surface area contributed by atoms with Crippen LogP contribution in [0.15, 0.2) is 0 Å². The SMILES string of the molecule is CN(CC(=O)NC(C)(C)C)C(=O)C[C@@H]1CCC[C@H]1N.Cl. The number of carbonyl (C=O) groups excluding carboxylic acids is 2. The van der Waals surface area contributed by atoms with Crippen molar-refractivity contribution < 1.29 is 9.59 Å². The van der Waals surface area contributed by atoms with Crippen LogP contribution in [-0.4, -0.2) is 41.9 Å². The predicted molar refractivity (Wildman–Crippen MR) is 82.7 cm³/mol. The fourth-order valence-electron chi connectivity index (χ4n) is 2.46. The van der Waals surface area contributed by atoms with Crippen LogP contribution in [0.3, 0.4) is 0 Å². The van der Waals surface area contributed by atoms with Crippen LogP contribution < -0.4 is 11.1 Å². The van der Waals surface area contributed by atoms with Gasteiger partial charge in [-0.1, -0.05) is 6.42 Å². The van der Waals surface area contributed by atoms with Crippen molar-refractivity contribution in [3.8, 4) is 0 Å². The Kier molecular flexibility index (Phi) is 7.52. The Bertz CT molecular complexity index is 342. The van der Waals surface area contributed by atoms with Crippen molar-refractivity contribution >= 4 is 24.2 Å². The molecule has 0 unspecified atom stereocenters. The van der Waals surface area contributed by atoms with Crippen LogP contribution in [0.5, 0.6) is 0 Å². The maximum atomic E-state index is 12.0. The van der Waals surface area contributed by atoms with E-state index in [-0.39, 0.29) is 48.3 Å². The normalized spacial score (nSPS) is 22.1. The summed E-state index contributed by atoms with van der Waals surface area (Å²) in [6, 6.07) is 0.140. The number of likely N-dealkylation sites (N-methyl/N-ethyl adjacent to an activating group) is 1. The highest BCUT2D eigenvalue weighted by Gasteiger charge is 2.27. The van der Waals surface area contributed by atoms with Crippen molar-refractivity contribution in [2.75, 3.05) is 13.6 Å². The number of nitrogens with two attached hydrogens (primary N) is 1. The van der Waals surface area contributed by atoms with Gasteiger partial charge in [0.25, 0.3) is 0 Å². The molecule has 0 aromatic rings. The van der Waals surface area contributed by atoms with Gasteiger partial charge >= 0.3 is 0 Å². The number of carbonyl (C=O) groups is 2. The lowest BCUT2D eigenvalue weighted by molar-refractivity contribution is -0.136. The second-order valence-corrected chi connectivity index (χ2v) is 6.61. The molecule has 0 aliphatic heterocycles. The minimum Gasteiger partial charge on any atom is -0.350 e. The van der Waals surface area contributed by atoms with Gasteiger partial charge in [-0.3, -0.25) is 9.59 Å². The van der Waals surface area contributed by atoms with Crippen molar-refractivity contribution in [3.63, 3.8) is 0 Å². The van der Waals surface area contributed by atoms with Crippen molar-refractivity contribution in [2.24, 2.45) is 11.7 Å². The van der Waals surface area contributed by atoms with Crippen molar-refractivity contribution in [3.05, 3.63) is 0 Å². The fourth-order valence-corrected chi connectivity index (χ4v) is 2.46. The zero-order chi connectivity index (χ0) is 14.6. The lowest BCUT2D eigenvalue weighted by Crippen LogP contribution is -2.46. The van der Waals surface area contributed by atoms with Gasteiger partial charge in [0.1, 0.15) is 0 Å². The van der Waals surface area contributed by atoms with E-state index < -0.39 is 0 Å². The molecule has 1 aliphatic rings. The van der Waals surface area contributed by atoms with E-state index in [1.54, 1.807) is 7.05 Å². The molecule has 6 heteroatoms. The molecule has 0 heterocycles. The molecule has 118 valence electrons. The van der Waals surface area contributed by atoms with Crippen LogP contribution in [0.4, 0.5) is 0 Å². The Labute approximate surface area is 128 Å². The fraction of sp³-hybridized carbons (Fsp3) is 0.857. The van der Waals surface area contributed by atoms with Crippen LogP contribution in [-0.2, 0) is 9.59 Å². The molecule has 0 saturated heterocycles. The molecule has 0 aromatic heterocycles. The first-order chi connectivity index (χ1) is 8.69. The third-order valence-corrected chi connectivity index (χ3v) is 3.48. The number of amides is 2. The Hall–Kier alpha value is -0.810. The summed E-state index contributed by atoms with van der Waals surface area (Å²) >= 11 is 0. The molecule has 0 spiro atoms. The maximum Gasteiger partial charge on any atom is 0.240 e. The molecule has 5 nitrogen and oxygen atoms in total. The highest BCUT2D eigenvalue weighted by atomic mass is 35.5. The largest absolute Gasteiger partial charge is 0.350 e. The molecular formula is C14H28ClN3O2. The molecule has 20 heavy (non-hydrogen) atoms. The topological polar surface area (TPSA) is 75.4 Å². The van der Waals surface area contributed by atoms with Crippen molar-refractivity contribution in [1.29, 1.82) is 0 Å². The van der Waals surface area contributed by atoms with E-state index in [4.69, 9.17) is 5.73 Å². The van der Waals surface area contributed by atoms with Crippen molar-refractivity contribution in [1.82, 2.24) is 10.2 Å². The number of hydrogen-bond donors (Lipinski definition) is 2. The minimum absolute atomic E-state index is 0. The first-order valence-electron chi connectivity index (χ1n) is 6.99.